The molecule has 1 aliphatic carbocycles. The number of carbonyl (C=O) groups is 1. The van der Waals surface area contributed by atoms with Crippen LogP contribution in [-0.2, 0) is 10.3 Å². The summed E-state index contributed by atoms with van der Waals surface area (Å²) in [7, 11) is 1.46. The summed E-state index contributed by atoms with van der Waals surface area (Å²) in [6.07, 6.45) is 4.20. The maximum atomic E-state index is 14.8. The van der Waals surface area contributed by atoms with Gasteiger partial charge < -0.3 is 14.5 Å². The molecule has 1 N–H and O–H groups in total. The summed E-state index contributed by atoms with van der Waals surface area (Å²) in [5.74, 6) is 1.22. The van der Waals surface area contributed by atoms with Crippen LogP contribution in [0.1, 0.15) is 37.3 Å². The second-order valence-corrected chi connectivity index (χ2v) is 9.41. The van der Waals surface area contributed by atoms with Crippen LogP contribution in [0.4, 0.5) is 10.2 Å². The molecule has 0 radical (unpaired) electrons. The van der Waals surface area contributed by atoms with Crippen molar-refractivity contribution in [2.75, 3.05) is 31.6 Å². The topological polar surface area (TPSA) is 81.5 Å². The van der Waals surface area contributed by atoms with Crippen LogP contribution in [0.25, 0.3) is 0 Å². The highest BCUT2D eigenvalue weighted by atomic mass is 19.1. The van der Waals surface area contributed by atoms with Gasteiger partial charge in [0.05, 0.1) is 25.3 Å². The smallest absolute Gasteiger partial charge is 0.236 e. The van der Waals surface area contributed by atoms with Gasteiger partial charge in [0.25, 0.3) is 0 Å². The lowest BCUT2D eigenvalue weighted by Crippen LogP contribution is -2.58. The lowest BCUT2D eigenvalue weighted by atomic mass is 10.0. The highest BCUT2D eigenvalue weighted by Crippen LogP contribution is 2.47. The summed E-state index contributed by atoms with van der Waals surface area (Å²) < 4.78 is 19.9. The Kier molecular flexibility index (Phi) is 5.45. The molecule has 1 aromatic carbocycles. The second-order valence-electron chi connectivity index (χ2n) is 9.41. The lowest BCUT2D eigenvalue weighted by Gasteiger charge is -2.42. The molecule has 2 aliphatic heterocycles. The van der Waals surface area contributed by atoms with Crippen molar-refractivity contribution in [3.63, 3.8) is 0 Å². The van der Waals surface area contributed by atoms with Crippen molar-refractivity contribution in [2.45, 2.75) is 43.8 Å². The van der Waals surface area contributed by atoms with Crippen LogP contribution in [0.3, 0.4) is 0 Å². The number of ether oxygens (including phenoxy) is 1. The van der Waals surface area contributed by atoms with E-state index < -0.39 is 5.54 Å². The second kappa shape index (κ2) is 8.31. The normalized spacial score (nSPS) is 25.0. The van der Waals surface area contributed by atoms with Gasteiger partial charge in [0.15, 0.2) is 11.6 Å². The van der Waals surface area contributed by atoms with Crippen LogP contribution < -0.4 is 15.0 Å². The van der Waals surface area contributed by atoms with E-state index in [0.29, 0.717) is 30.1 Å². The number of piperazine rings is 1. The van der Waals surface area contributed by atoms with Gasteiger partial charge in [-0.25, -0.2) is 9.37 Å². The number of anilines is 1. The summed E-state index contributed by atoms with van der Waals surface area (Å²) in [6, 6.07) is 11.4. The number of fused-ring (bicyclic) bond motifs is 2. The van der Waals surface area contributed by atoms with Crippen molar-refractivity contribution >= 4 is 11.7 Å². The Morgan fingerprint density at radius 1 is 1.33 bits per heavy atom. The Morgan fingerprint density at radius 2 is 2.15 bits per heavy atom. The molecular weight excluding hydrogens is 421 g/mol. The van der Waals surface area contributed by atoms with Gasteiger partial charge >= 0.3 is 0 Å². The van der Waals surface area contributed by atoms with Crippen LogP contribution in [0.5, 0.6) is 5.75 Å². The Morgan fingerprint density at radius 3 is 2.79 bits per heavy atom. The number of benzene rings is 1. The van der Waals surface area contributed by atoms with Gasteiger partial charge in [-0.15, -0.1) is 0 Å². The Balaban J connectivity index is 1.25. The first kappa shape index (κ1) is 21.7. The third kappa shape index (κ3) is 3.80. The van der Waals surface area contributed by atoms with Crippen molar-refractivity contribution in [2.24, 2.45) is 5.92 Å². The molecule has 7 nitrogen and oxygen atoms in total. The minimum atomic E-state index is -0.491. The molecule has 1 saturated carbocycles. The number of amides is 1. The van der Waals surface area contributed by atoms with Gasteiger partial charge in [0, 0.05) is 36.4 Å². The first-order chi connectivity index (χ1) is 16.0. The molecular formula is C25H28FN5O2. The highest BCUT2D eigenvalue weighted by molar-refractivity contribution is 5.79. The molecule has 2 bridgehead atoms. The van der Waals surface area contributed by atoms with Gasteiger partial charge in [-0.05, 0) is 43.4 Å². The van der Waals surface area contributed by atoms with E-state index in [1.807, 2.05) is 11.0 Å². The molecule has 3 atom stereocenters. The summed E-state index contributed by atoms with van der Waals surface area (Å²) in [5, 5.41) is 12.4. The summed E-state index contributed by atoms with van der Waals surface area (Å²) >= 11 is 0. The highest BCUT2D eigenvalue weighted by Gasteiger charge is 2.48. The van der Waals surface area contributed by atoms with Crippen molar-refractivity contribution < 1.29 is 13.9 Å². The monoisotopic (exact) mass is 449 g/mol. The number of hydrogen-bond acceptors (Lipinski definition) is 6. The predicted molar refractivity (Wildman–Crippen MR) is 121 cm³/mol. The van der Waals surface area contributed by atoms with Crippen LogP contribution in [0.2, 0.25) is 0 Å². The van der Waals surface area contributed by atoms with Gasteiger partial charge in [-0.1, -0.05) is 19.1 Å². The number of aromatic nitrogens is 1. The molecule has 0 spiro atoms. The number of nitrogens with zero attached hydrogens (tertiary/aromatic N) is 4. The maximum absolute atomic E-state index is 14.8. The standard InChI is InChI=1S/C25H28FN5O2/c1-16-10-18-14-30(15-20(16)31(18)22-7-6-17(11-27)12-28-22)23(32)13-29-25(8-9-25)19-4-3-5-21(33-2)24(19)26/h3-7,12,16,18,20,29H,8-10,13-15H2,1-2H3/t16-,18?,20?/m0/s1. The molecule has 33 heavy (non-hydrogen) atoms. The number of carbonyl (C=O) groups excluding carboxylic acids is 1. The van der Waals surface area contributed by atoms with Crippen molar-refractivity contribution in [3.8, 4) is 11.8 Å². The van der Waals surface area contributed by atoms with Crippen LogP contribution in [0.15, 0.2) is 36.5 Å². The largest absolute Gasteiger partial charge is 0.494 e. The lowest BCUT2D eigenvalue weighted by molar-refractivity contribution is -0.131. The number of rotatable bonds is 6. The molecule has 1 amide bonds. The van der Waals surface area contributed by atoms with Gasteiger partial charge in [0.1, 0.15) is 11.9 Å². The minimum absolute atomic E-state index is 0.0427. The minimum Gasteiger partial charge on any atom is -0.494 e. The third-order valence-electron chi connectivity index (χ3n) is 7.41. The molecule has 3 heterocycles. The Hall–Kier alpha value is -3.18. The van der Waals surface area contributed by atoms with E-state index in [1.54, 1.807) is 30.5 Å². The van der Waals surface area contributed by atoms with Gasteiger partial charge in [0.2, 0.25) is 5.91 Å². The van der Waals surface area contributed by atoms with Crippen LogP contribution in [-0.4, -0.2) is 54.6 Å². The Bertz CT molecular complexity index is 1090. The molecule has 1 aromatic heterocycles. The van der Waals surface area contributed by atoms with Crippen molar-refractivity contribution in [3.05, 3.63) is 53.5 Å². The first-order valence-electron chi connectivity index (χ1n) is 11.5. The van der Waals surface area contributed by atoms with Crippen LogP contribution >= 0.6 is 0 Å². The van der Waals surface area contributed by atoms with E-state index in [1.165, 1.54) is 7.11 Å². The zero-order chi connectivity index (χ0) is 23.2. The fourth-order valence-electron chi connectivity index (χ4n) is 5.46. The van der Waals surface area contributed by atoms with E-state index in [2.05, 4.69) is 28.2 Å². The van der Waals surface area contributed by atoms with E-state index in [9.17, 15) is 9.18 Å². The third-order valence-corrected chi connectivity index (χ3v) is 7.41. The summed E-state index contributed by atoms with van der Waals surface area (Å²) in [4.78, 5) is 21.9. The van der Waals surface area contributed by atoms with Gasteiger partial charge in [-0.2, -0.15) is 5.26 Å². The number of hydrogen-bond donors (Lipinski definition) is 1. The number of likely N-dealkylation sites (tertiary alicyclic amines) is 1. The zero-order valence-electron chi connectivity index (χ0n) is 18.9. The van der Waals surface area contributed by atoms with E-state index in [0.717, 1.165) is 25.1 Å². The van der Waals surface area contributed by atoms with E-state index >= 15 is 0 Å². The molecule has 3 aliphatic rings. The van der Waals surface area contributed by atoms with Gasteiger partial charge in [-0.3, -0.25) is 10.1 Å². The number of nitriles is 1. The van der Waals surface area contributed by atoms with Crippen LogP contribution in [0, 0.1) is 23.1 Å². The molecule has 2 unspecified atom stereocenters. The van der Waals surface area contributed by atoms with E-state index in [4.69, 9.17) is 10.00 Å². The molecule has 3 fully saturated rings. The summed E-state index contributed by atoms with van der Waals surface area (Å²) in [5.41, 5.74) is 0.620. The van der Waals surface area contributed by atoms with Crippen molar-refractivity contribution in [1.29, 1.82) is 5.26 Å². The number of pyridine rings is 1. The number of halogens is 1. The fourth-order valence-corrected chi connectivity index (χ4v) is 5.46. The number of nitrogens with one attached hydrogen (secondary N) is 1. The quantitative estimate of drug-likeness (QED) is 0.731. The molecule has 2 saturated heterocycles. The first-order valence-corrected chi connectivity index (χ1v) is 11.5. The average molecular weight is 450 g/mol. The number of methoxy groups -OCH3 is 1. The SMILES string of the molecule is COc1cccc(C2(NCC(=O)N3CC4C[C@H](C)C(C3)N4c3ccc(C#N)cn3)CC2)c1F. The fraction of sp³-hybridized carbons (Fsp3) is 0.480. The molecule has 172 valence electrons. The zero-order valence-corrected chi connectivity index (χ0v) is 18.9. The van der Waals surface area contributed by atoms with Crippen molar-refractivity contribution in [1.82, 2.24) is 15.2 Å². The molecule has 5 rings (SSSR count). The predicted octanol–water partition coefficient (Wildman–Crippen LogP) is 2.81. The Labute approximate surface area is 193 Å². The average Bonchev–Trinajstić information content (AvgIpc) is 3.59. The summed E-state index contributed by atoms with van der Waals surface area (Å²) in [6.45, 7) is 3.68. The molecule has 8 heteroatoms. The maximum Gasteiger partial charge on any atom is 0.236 e. The molecule has 2 aromatic rings. The van der Waals surface area contributed by atoms with E-state index in [-0.39, 0.29) is 36.1 Å².